The maximum absolute atomic E-state index is 13.6. The predicted molar refractivity (Wildman–Crippen MR) is 112 cm³/mol. The lowest BCUT2D eigenvalue weighted by Crippen LogP contribution is -2.53. The zero-order valence-electron chi connectivity index (χ0n) is 17.4. The van der Waals surface area contributed by atoms with Crippen molar-refractivity contribution < 1.29 is 14.4 Å². The van der Waals surface area contributed by atoms with Gasteiger partial charge in [-0.1, -0.05) is 56.2 Å². The fraction of sp³-hybridized carbons (Fsp3) is 0.625. The second-order valence-corrected chi connectivity index (χ2v) is 9.00. The van der Waals surface area contributed by atoms with Crippen molar-refractivity contribution in [2.24, 2.45) is 5.92 Å². The summed E-state index contributed by atoms with van der Waals surface area (Å²) in [5.41, 5.74) is 1.70. The molecule has 0 spiro atoms. The summed E-state index contributed by atoms with van der Waals surface area (Å²) >= 11 is 0. The third kappa shape index (κ3) is 4.10. The number of carbonyl (C=O) groups is 3. The van der Waals surface area contributed by atoms with Gasteiger partial charge in [0.05, 0.1) is 12.1 Å². The van der Waals surface area contributed by atoms with E-state index in [4.69, 9.17) is 0 Å². The van der Waals surface area contributed by atoms with E-state index in [0.717, 1.165) is 56.9 Å². The standard InChI is InChI=1S/C24H32N2O3/c1-17-12-14-20(15-13-17)26-22(27)16-21(24(26)29)25(19-10-6-3-7-11-19)23(28)18-8-4-2-5-9-18/h12-15,18-19,21H,2-11,16H2,1H3. The highest BCUT2D eigenvalue weighted by molar-refractivity contribution is 6.23. The molecule has 1 saturated heterocycles. The molecule has 29 heavy (non-hydrogen) atoms. The molecule has 1 aliphatic heterocycles. The minimum atomic E-state index is -0.638. The van der Waals surface area contributed by atoms with Crippen LogP contribution in [0.4, 0.5) is 5.69 Å². The average molecular weight is 397 g/mol. The van der Waals surface area contributed by atoms with Gasteiger partial charge < -0.3 is 4.90 Å². The van der Waals surface area contributed by atoms with Gasteiger partial charge in [-0.15, -0.1) is 0 Å². The number of benzene rings is 1. The molecule has 1 aromatic carbocycles. The first-order chi connectivity index (χ1) is 14.1. The summed E-state index contributed by atoms with van der Waals surface area (Å²) in [7, 11) is 0. The molecule has 5 nitrogen and oxygen atoms in total. The third-order valence-corrected chi connectivity index (χ3v) is 6.93. The van der Waals surface area contributed by atoms with Crippen molar-refractivity contribution in [1.82, 2.24) is 4.90 Å². The molecule has 2 aliphatic carbocycles. The summed E-state index contributed by atoms with van der Waals surface area (Å²) in [5, 5.41) is 0. The molecule has 5 heteroatoms. The highest BCUT2D eigenvalue weighted by atomic mass is 16.2. The lowest BCUT2D eigenvalue weighted by Gasteiger charge is -2.40. The van der Waals surface area contributed by atoms with Crippen molar-refractivity contribution in [2.45, 2.75) is 89.6 Å². The second-order valence-electron chi connectivity index (χ2n) is 9.00. The lowest BCUT2D eigenvalue weighted by atomic mass is 9.86. The van der Waals surface area contributed by atoms with Crippen LogP contribution in [0.2, 0.25) is 0 Å². The van der Waals surface area contributed by atoms with Gasteiger partial charge in [-0.25, -0.2) is 4.90 Å². The van der Waals surface area contributed by atoms with Gasteiger partial charge in [0.15, 0.2) is 0 Å². The Morgan fingerprint density at radius 2 is 1.48 bits per heavy atom. The van der Waals surface area contributed by atoms with E-state index in [1.807, 2.05) is 36.1 Å². The van der Waals surface area contributed by atoms with E-state index in [-0.39, 0.29) is 36.1 Å². The van der Waals surface area contributed by atoms with E-state index in [0.29, 0.717) is 5.69 Å². The Balaban J connectivity index is 1.61. The van der Waals surface area contributed by atoms with Crippen molar-refractivity contribution in [2.75, 3.05) is 4.90 Å². The minimum absolute atomic E-state index is 0.0157. The monoisotopic (exact) mass is 396 g/mol. The molecular weight excluding hydrogens is 364 g/mol. The van der Waals surface area contributed by atoms with Gasteiger partial charge in [0.1, 0.15) is 6.04 Å². The van der Waals surface area contributed by atoms with Crippen molar-refractivity contribution in [1.29, 1.82) is 0 Å². The quantitative estimate of drug-likeness (QED) is 0.710. The Morgan fingerprint density at radius 1 is 0.897 bits per heavy atom. The van der Waals surface area contributed by atoms with E-state index in [1.165, 1.54) is 17.7 Å². The Hall–Kier alpha value is -2.17. The minimum Gasteiger partial charge on any atom is -0.327 e. The van der Waals surface area contributed by atoms with Gasteiger partial charge in [0.2, 0.25) is 11.8 Å². The molecule has 0 N–H and O–H groups in total. The number of nitrogens with zero attached hydrogens (tertiary/aromatic N) is 2. The van der Waals surface area contributed by atoms with Gasteiger partial charge in [-0.3, -0.25) is 14.4 Å². The molecule has 3 amide bonds. The molecule has 156 valence electrons. The highest BCUT2D eigenvalue weighted by Crippen LogP contribution is 2.34. The molecule has 1 atom stereocenters. The largest absolute Gasteiger partial charge is 0.327 e. The number of amides is 3. The SMILES string of the molecule is Cc1ccc(N2C(=O)CC(N(C(=O)C3CCCCC3)C3CCCCC3)C2=O)cc1. The van der Waals surface area contributed by atoms with Crippen LogP contribution in [0.5, 0.6) is 0 Å². The normalized spacial score (nSPS) is 24.2. The van der Waals surface area contributed by atoms with Crippen LogP contribution in [-0.2, 0) is 14.4 Å². The Labute approximate surface area is 173 Å². The van der Waals surface area contributed by atoms with Crippen LogP contribution in [0.15, 0.2) is 24.3 Å². The van der Waals surface area contributed by atoms with Crippen LogP contribution in [0, 0.1) is 12.8 Å². The van der Waals surface area contributed by atoms with Gasteiger partial charge in [-0.05, 0) is 44.7 Å². The number of aryl methyl sites for hydroxylation is 1. The summed E-state index contributed by atoms with van der Waals surface area (Å²) in [4.78, 5) is 43.0. The lowest BCUT2D eigenvalue weighted by molar-refractivity contribution is -0.146. The van der Waals surface area contributed by atoms with Gasteiger partial charge in [0, 0.05) is 12.0 Å². The molecule has 3 aliphatic rings. The molecule has 1 heterocycles. The molecule has 1 aromatic rings. The summed E-state index contributed by atoms with van der Waals surface area (Å²) in [5.74, 6) is -0.287. The van der Waals surface area contributed by atoms with E-state index in [9.17, 15) is 14.4 Å². The number of carbonyl (C=O) groups excluding carboxylic acids is 3. The maximum Gasteiger partial charge on any atom is 0.257 e. The number of hydrogen-bond acceptors (Lipinski definition) is 3. The van der Waals surface area contributed by atoms with Gasteiger partial charge >= 0.3 is 0 Å². The molecule has 0 bridgehead atoms. The maximum atomic E-state index is 13.6. The second kappa shape index (κ2) is 8.68. The smallest absolute Gasteiger partial charge is 0.257 e. The number of anilines is 1. The zero-order valence-corrected chi connectivity index (χ0v) is 17.4. The highest BCUT2D eigenvalue weighted by Gasteiger charge is 2.47. The number of rotatable bonds is 4. The number of imide groups is 1. The summed E-state index contributed by atoms with van der Waals surface area (Å²) < 4.78 is 0. The van der Waals surface area contributed by atoms with E-state index in [1.54, 1.807) is 0 Å². The van der Waals surface area contributed by atoms with Crippen LogP contribution >= 0.6 is 0 Å². The number of hydrogen-bond donors (Lipinski definition) is 0. The molecule has 3 fully saturated rings. The first-order valence-corrected chi connectivity index (χ1v) is 11.3. The molecular formula is C24H32N2O3. The van der Waals surface area contributed by atoms with Crippen molar-refractivity contribution in [3.05, 3.63) is 29.8 Å². The summed E-state index contributed by atoms with van der Waals surface area (Å²) in [6, 6.07) is 6.92. The molecule has 1 unspecified atom stereocenters. The first kappa shape index (κ1) is 20.1. The fourth-order valence-electron chi connectivity index (χ4n) is 5.31. The van der Waals surface area contributed by atoms with E-state index < -0.39 is 6.04 Å². The topological polar surface area (TPSA) is 57.7 Å². The van der Waals surface area contributed by atoms with Gasteiger partial charge in [-0.2, -0.15) is 0 Å². The zero-order chi connectivity index (χ0) is 20.4. The van der Waals surface area contributed by atoms with Gasteiger partial charge in [0.25, 0.3) is 5.91 Å². The summed E-state index contributed by atoms with van der Waals surface area (Å²) in [6.45, 7) is 1.98. The van der Waals surface area contributed by atoms with Crippen molar-refractivity contribution >= 4 is 23.4 Å². The molecule has 2 saturated carbocycles. The summed E-state index contributed by atoms with van der Waals surface area (Å²) in [6.07, 6.45) is 10.6. The Morgan fingerprint density at radius 3 is 2.10 bits per heavy atom. The van der Waals surface area contributed by atoms with Crippen LogP contribution in [-0.4, -0.2) is 34.7 Å². The molecule has 0 aromatic heterocycles. The Kier molecular flexibility index (Phi) is 6.02. The van der Waals surface area contributed by atoms with E-state index >= 15 is 0 Å². The first-order valence-electron chi connectivity index (χ1n) is 11.3. The van der Waals surface area contributed by atoms with E-state index in [2.05, 4.69) is 0 Å². The van der Waals surface area contributed by atoms with Crippen LogP contribution in [0.3, 0.4) is 0 Å². The van der Waals surface area contributed by atoms with Crippen molar-refractivity contribution in [3.8, 4) is 0 Å². The molecule has 0 radical (unpaired) electrons. The molecule has 4 rings (SSSR count). The van der Waals surface area contributed by atoms with Crippen LogP contribution in [0.1, 0.15) is 76.2 Å². The van der Waals surface area contributed by atoms with Crippen LogP contribution < -0.4 is 4.90 Å². The third-order valence-electron chi connectivity index (χ3n) is 6.93. The van der Waals surface area contributed by atoms with Crippen LogP contribution in [0.25, 0.3) is 0 Å². The predicted octanol–water partition coefficient (Wildman–Crippen LogP) is 4.37. The average Bonchev–Trinajstić information content (AvgIpc) is 3.04. The van der Waals surface area contributed by atoms with Crippen molar-refractivity contribution in [3.63, 3.8) is 0 Å². The Bertz CT molecular complexity index is 761. The fourth-order valence-corrected chi connectivity index (χ4v) is 5.31.